The molecule has 0 radical (unpaired) electrons. The molecule has 0 unspecified atom stereocenters. The number of nitrogens with one attached hydrogen (secondary N) is 1. The van der Waals surface area contributed by atoms with Crippen LogP contribution in [0.5, 0.6) is 0 Å². The summed E-state index contributed by atoms with van der Waals surface area (Å²) in [5.41, 5.74) is 1.50. The molecule has 140 valence electrons. The molecule has 9 heteroatoms. The third kappa shape index (κ3) is 3.40. The minimum absolute atomic E-state index is 0.0413. The van der Waals surface area contributed by atoms with Crippen LogP contribution in [0.25, 0.3) is 16.6 Å². The highest BCUT2D eigenvalue weighted by molar-refractivity contribution is 6.45. The summed E-state index contributed by atoms with van der Waals surface area (Å²) in [6.07, 6.45) is 6.11. The van der Waals surface area contributed by atoms with E-state index >= 15 is 0 Å². The second kappa shape index (κ2) is 7.25. The van der Waals surface area contributed by atoms with Crippen LogP contribution in [-0.4, -0.2) is 44.9 Å². The monoisotopic (exact) mass is 405 g/mol. The average molecular weight is 406 g/mol. The number of rotatable bonds is 4. The van der Waals surface area contributed by atoms with Gasteiger partial charge in [-0.15, -0.1) is 0 Å². The van der Waals surface area contributed by atoms with Crippen LogP contribution in [0.1, 0.15) is 12.8 Å². The van der Waals surface area contributed by atoms with Crippen molar-refractivity contribution in [3.8, 4) is 5.69 Å². The highest BCUT2D eigenvalue weighted by atomic mass is 35.5. The Hall–Kier alpha value is -2.51. The lowest BCUT2D eigenvalue weighted by Gasteiger charge is -2.26. The van der Waals surface area contributed by atoms with Crippen molar-refractivity contribution >= 4 is 46.0 Å². The van der Waals surface area contributed by atoms with Crippen LogP contribution >= 0.6 is 23.2 Å². The molecule has 1 atom stereocenters. The number of hydrogen-bond donors (Lipinski definition) is 2. The zero-order chi connectivity index (χ0) is 19.0. The van der Waals surface area contributed by atoms with E-state index in [0.717, 1.165) is 36.3 Å². The number of carbonyl (C=O) groups is 1. The molecule has 1 aliphatic heterocycles. The van der Waals surface area contributed by atoms with E-state index in [1.807, 2.05) is 22.9 Å². The number of anilines is 1. The molecular formula is C18H17Cl2N5O2. The summed E-state index contributed by atoms with van der Waals surface area (Å²) in [5, 5.41) is 13.1. The first-order chi connectivity index (χ1) is 13.0. The molecule has 27 heavy (non-hydrogen) atoms. The summed E-state index contributed by atoms with van der Waals surface area (Å²) in [5.74, 6) is 0.741. The van der Waals surface area contributed by atoms with Gasteiger partial charge in [-0.2, -0.15) is 0 Å². The molecule has 0 bridgehead atoms. The third-order valence-corrected chi connectivity index (χ3v) is 5.57. The molecule has 2 aromatic heterocycles. The SMILES string of the molecule is O=C(O)NC[C@@H]1CCCN1c1cc(-n2ccnc2)c2ccc(Cl)c(Cl)c2n1. The molecule has 0 saturated carbocycles. The Kier molecular flexibility index (Phi) is 4.80. The number of imidazole rings is 1. The summed E-state index contributed by atoms with van der Waals surface area (Å²) >= 11 is 12.7. The summed E-state index contributed by atoms with van der Waals surface area (Å²) in [4.78, 5) is 21.9. The summed E-state index contributed by atoms with van der Waals surface area (Å²) < 4.78 is 1.90. The van der Waals surface area contributed by atoms with Crippen molar-refractivity contribution in [3.63, 3.8) is 0 Å². The van der Waals surface area contributed by atoms with Crippen LogP contribution in [-0.2, 0) is 0 Å². The molecule has 7 nitrogen and oxygen atoms in total. The Labute approximate surface area is 165 Å². The topological polar surface area (TPSA) is 83.3 Å². The van der Waals surface area contributed by atoms with Gasteiger partial charge in [0.15, 0.2) is 0 Å². The van der Waals surface area contributed by atoms with Gasteiger partial charge in [-0.3, -0.25) is 0 Å². The molecule has 1 amide bonds. The van der Waals surface area contributed by atoms with Crippen molar-refractivity contribution in [3.05, 3.63) is 47.0 Å². The Morgan fingerprint density at radius 1 is 1.37 bits per heavy atom. The van der Waals surface area contributed by atoms with E-state index in [9.17, 15) is 4.79 Å². The van der Waals surface area contributed by atoms with E-state index in [0.29, 0.717) is 22.1 Å². The maximum absolute atomic E-state index is 10.9. The lowest BCUT2D eigenvalue weighted by atomic mass is 10.1. The number of aromatic nitrogens is 3. The van der Waals surface area contributed by atoms with Gasteiger partial charge in [-0.05, 0) is 25.0 Å². The van der Waals surface area contributed by atoms with E-state index in [1.54, 1.807) is 18.6 Å². The highest BCUT2D eigenvalue weighted by Gasteiger charge is 2.27. The van der Waals surface area contributed by atoms with Crippen molar-refractivity contribution in [1.29, 1.82) is 0 Å². The molecular weight excluding hydrogens is 389 g/mol. The zero-order valence-corrected chi connectivity index (χ0v) is 15.8. The molecule has 3 heterocycles. The van der Waals surface area contributed by atoms with Crippen molar-refractivity contribution in [2.75, 3.05) is 18.0 Å². The van der Waals surface area contributed by atoms with Gasteiger partial charge >= 0.3 is 6.09 Å². The molecule has 2 N–H and O–H groups in total. The van der Waals surface area contributed by atoms with E-state index in [4.69, 9.17) is 33.3 Å². The number of benzene rings is 1. The maximum atomic E-state index is 10.9. The maximum Gasteiger partial charge on any atom is 0.404 e. The van der Waals surface area contributed by atoms with Crippen molar-refractivity contribution in [1.82, 2.24) is 19.9 Å². The van der Waals surface area contributed by atoms with Gasteiger partial charge in [-0.25, -0.2) is 14.8 Å². The lowest BCUT2D eigenvalue weighted by molar-refractivity contribution is 0.193. The first-order valence-electron chi connectivity index (χ1n) is 8.55. The predicted molar refractivity (Wildman–Crippen MR) is 105 cm³/mol. The normalized spacial score (nSPS) is 16.8. The van der Waals surface area contributed by atoms with Gasteiger partial charge in [0.05, 0.1) is 27.6 Å². The predicted octanol–water partition coefficient (Wildman–Crippen LogP) is 3.96. The second-order valence-electron chi connectivity index (χ2n) is 6.40. The Morgan fingerprint density at radius 3 is 2.96 bits per heavy atom. The van der Waals surface area contributed by atoms with Crippen LogP contribution < -0.4 is 10.2 Å². The summed E-state index contributed by atoms with van der Waals surface area (Å²) in [7, 11) is 0. The molecule has 0 spiro atoms. The molecule has 4 rings (SSSR count). The van der Waals surface area contributed by atoms with Crippen LogP contribution in [0.15, 0.2) is 36.9 Å². The molecule has 3 aromatic rings. The molecule has 1 aromatic carbocycles. The van der Waals surface area contributed by atoms with Crippen molar-refractivity contribution < 1.29 is 9.90 Å². The average Bonchev–Trinajstić information content (AvgIpc) is 3.34. The first kappa shape index (κ1) is 17.9. The third-order valence-electron chi connectivity index (χ3n) is 4.78. The Balaban J connectivity index is 1.83. The van der Waals surface area contributed by atoms with E-state index in [-0.39, 0.29) is 6.04 Å². The summed E-state index contributed by atoms with van der Waals surface area (Å²) in [6.45, 7) is 1.14. The van der Waals surface area contributed by atoms with Gasteiger partial charge < -0.3 is 19.9 Å². The van der Waals surface area contributed by atoms with E-state index in [1.165, 1.54) is 0 Å². The second-order valence-corrected chi connectivity index (χ2v) is 7.19. The van der Waals surface area contributed by atoms with Gasteiger partial charge in [0.1, 0.15) is 5.82 Å². The van der Waals surface area contributed by atoms with Gasteiger partial charge in [0.25, 0.3) is 0 Å². The fourth-order valence-electron chi connectivity index (χ4n) is 3.52. The largest absolute Gasteiger partial charge is 0.465 e. The fraction of sp³-hybridized carbons (Fsp3) is 0.278. The molecule has 1 aliphatic rings. The zero-order valence-electron chi connectivity index (χ0n) is 14.3. The Morgan fingerprint density at radius 2 is 2.22 bits per heavy atom. The van der Waals surface area contributed by atoms with Crippen LogP contribution in [0.2, 0.25) is 10.0 Å². The number of fused-ring (bicyclic) bond motifs is 1. The van der Waals surface area contributed by atoms with Gasteiger partial charge in [0, 0.05) is 43.0 Å². The highest BCUT2D eigenvalue weighted by Crippen LogP contribution is 2.36. The van der Waals surface area contributed by atoms with Gasteiger partial charge in [-0.1, -0.05) is 23.2 Å². The van der Waals surface area contributed by atoms with Crippen molar-refractivity contribution in [2.24, 2.45) is 0 Å². The quantitative estimate of drug-likeness (QED) is 0.685. The number of carboxylic acid groups (broad SMARTS) is 1. The van der Waals surface area contributed by atoms with Crippen molar-refractivity contribution in [2.45, 2.75) is 18.9 Å². The molecule has 0 aliphatic carbocycles. The first-order valence-corrected chi connectivity index (χ1v) is 9.30. The minimum Gasteiger partial charge on any atom is -0.465 e. The van der Waals surface area contributed by atoms with Crippen LogP contribution in [0.4, 0.5) is 10.6 Å². The standard InChI is InChI=1S/C18H17Cl2N5O2/c19-13-4-3-12-14(24-7-5-21-10-24)8-15(23-17(12)16(13)20)25-6-1-2-11(25)9-22-18(26)27/h3-5,7-8,10-11,22H,1-2,6,9H2,(H,26,27)/t11-/m0/s1. The van der Waals surface area contributed by atoms with E-state index in [2.05, 4.69) is 15.2 Å². The fourth-order valence-corrected chi connectivity index (χ4v) is 3.88. The summed E-state index contributed by atoms with van der Waals surface area (Å²) in [6, 6.07) is 5.67. The number of amides is 1. The van der Waals surface area contributed by atoms with E-state index < -0.39 is 6.09 Å². The number of nitrogens with zero attached hydrogens (tertiary/aromatic N) is 4. The smallest absolute Gasteiger partial charge is 0.404 e. The number of hydrogen-bond acceptors (Lipinski definition) is 4. The number of halogens is 2. The molecule has 1 fully saturated rings. The molecule has 1 saturated heterocycles. The van der Waals surface area contributed by atoms with Gasteiger partial charge in [0.2, 0.25) is 0 Å². The Bertz CT molecular complexity index is 993. The minimum atomic E-state index is -1.03. The van der Waals surface area contributed by atoms with Crippen LogP contribution in [0.3, 0.4) is 0 Å². The van der Waals surface area contributed by atoms with Crippen LogP contribution in [0, 0.1) is 0 Å². The number of pyridine rings is 1. The lowest BCUT2D eigenvalue weighted by Crippen LogP contribution is -2.40.